The van der Waals surface area contributed by atoms with Crippen LogP contribution in [0.15, 0.2) is 48.5 Å². The van der Waals surface area contributed by atoms with Gasteiger partial charge in [0.1, 0.15) is 0 Å². The van der Waals surface area contributed by atoms with Crippen molar-refractivity contribution in [3.63, 3.8) is 0 Å². The number of nitrogen functional groups attached to an aromatic ring is 1. The molecule has 0 aromatic heterocycles. The molecule has 2 rings (SSSR count). The highest BCUT2D eigenvalue weighted by atomic mass is 16.3. The van der Waals surface area contributed by atoms with Crippen LogP contribution in [0.1, 0.15) is 5.56 Å². The third kappa shape index (κ3) is 2.00. The Hall–Kier alpha value is -1.80. The molecule has 0 aliphatic carbocycles. The Bertz CT molecular complexity index is 451. The van der Waals surface area contributed by atoms with Gasteiger partial charge in [-0.2, -0.15) is 0 Å². The number of rotatable bonds is 2. The van der Waals surface area contributed by atoms with Crippen LogP contribution < -0.4 is 5.73 Å². The van der Waals surface area contributed by atoms with E-state index in [1.54, 1.807) is 0 Å². The smallest absolute Gasteiger partial charge is 0.0688 e. The first-order chi connectivity index (χ1) is 7.31. The largest absolute Gasteiger partial charge is 0.399 e. The van der Waals surface area contributed by atoms with E-state index >= 15 is 0 Å². The van der Waals surface area contributed by atoms with Crippen molar-refractivity contribution in [1.82, 2.24) is 0 Å². The molecule has 15 heavy (non-hydrogen) atoms. The molecule has 2 nitrogen and oxygen atoms in total. The first-order valence-electron chi connectivity index (χ1n) is 4.86. The van der Waals surface area contributed by atoms with Gasteiger partial charge < -0.3 is 10.8 Å². The minimum atomic E-state index is 0.00919. The van der Waals surface area contributed by atoms with Crippen molar-refractivity contribution < 1.29 is 5.11 Å². The summed E-state index contributed by atoms with van der Waals surface area (Å²) in [5.41, 5.74) is 9.34. The summed E-state index contributed by atoms with van der Waals surface area (Å²) in [5.74, 6) is 0. The maximum absolute atomic E-state index is 9.25. The van der Waals surface area contributed by atoms with Crippen molar-refractivity contribution >= 4 is 5.69 Å². The van der Waals surface area contributed by atoms with E-state index < -0.39 is 0 Å². The zero-order chi connectivity index (χ0) is 10.7. The van der Waals surface area contributed by atoms with Gasteiger partial charge in [0, 0.05) is 5.69 Å². The molecule has 2 aromatic rings. The quantitative estimate of drug-likeness (QED) is 0.730. The molecule has 0 heterocycles. The molecular formula is C13H13NO. The summed E-state index contributed by atoms with van der Waals surface area (Å²) < 4.78 is 0. The molecule has 0 aliphatic heterocycles. The Labute approximate surface area is 89.0 Å². The van der Waals surface area contributed by atoms with Gasteiger partial charge >= 0.3 is 0 Å². The van der Waals surface area contributed by atoms with Crippen molar-refractivity contribution in [2.24, 2.45) is 0 Å². The number of aliphatic hydroxyl groups excluding tert-OH is 1. The topological polar surface area (TPSA) is 46.2 Å². The molecule has 0 atom stereocenters. The maximum Gasteiger partial charge on any atom is 0.0688 e. The monoisotopic (exact) mass is 199 g/mol. The molecule has 0 bridgehead atoms. The zero-order valence-electron chi connectivity index (χ0n) is 8.35. The van der Waals surface area contributed by atoms with Gasteiger partial charge in [0.15, 0.2) is 0 Å². The van der Waals surface area contributed by atoms with Crippen LogP contribution in [0.2, 0.25) is 0 Å². The second kappa shape index (κ2) is 4.15. The second-order valence-electron chi connectivity index (χ2n) is 3.44. The lowest BCUT2D eigenvalue weighted by Crippen LogP contribution is -1.92. The molecule has 2 aromatic carbocycles. The number of anilines is 1. The number of hydrogen-bond donors (Lipinski definition) is 2. The zero-order valence-corrected chi connectivity index (χ0v) is 8.35. The van der Waals surface area contributed by atoms with Gasteiger partial charge in [-0.1, -0.05) is 36.4 Å². The Morgan fingerprint density at radius 3 is 2.40 bits per heavy atom. The van der Waals surface area contributed by atoms with Crippen LogP contribution >= 0.6 is 0 Å². The molecule has 0 fully saturated rings. The third-order valence-corrected chi connectivity index (χ3v) is 2.38. The molecule has 0 saturated carbocycles. The highest BCUT2D eigenvalue weighted by molar-refractivity contribution is 5.69. The summed E-state index contributed by atoms with van der Waals surface area (Å²) in [4.78, 5) is 0. The van der Waals surface area contributed by atoms with Crippen molar-refractivity contribution in [2.75, 3.05) is 5.73 Å². The average molecular weight is 199 g/mol. The first kappa shape index (κ1) is 9.74. The summed E-state index contributed by atoms with van der Waals surface area (Å²) in [6.07, 6.45) is 0. The lowest BCUT2D eigenvalue weighted by atomic mass is 10.00. The molecule has 0 aliphatic rings. The Kier molecular flexibility index (Phi) is 2.70. The van der Waals surface area contributed by atoms with Gasteiger partial charge in [-0.05, 0) is 28.8 Å². The number of hydrogen-bond acceptors (Lipinski definition) is 2. The van der Waals surface area contributed by atoms with E-state index in [-0.39, 0.29) is 6.61 Å². The van der Waals surface area contributed by atoms with Gasteiger partial charge in [-0.25, -0.2) is 0 Å². The fourth-order valence-electron chi connectivity index (χ4n) is 1.64. The van der Waals surface area contributed by atoms with Gasteiger partial charge in [-0.3, -0.25) is 0 Å². The maximum atomic E-state index is 9.25. The predicted octanol–water partition coefficient (Wildman–Crippen LogP) is 2.43. The van der Waals surface area contributed by atoms with E-state index in [0.717, 1.165) is 16.7 Å². The number of benzene rings is 2. The van der Waals surface area contributed by atoms with Crippen molar-refractivity contribution in [1.29, 1.82) is 0 Å². The predicted molar refractivity (Wildman–Crippen MR) is 62.2 cm³/mol. The van der Waals surface area contributed by atoms with Crippen LogP contribution in [0, 0.1) is 0 Å². The minimum absolute atomic E-state index is 0.00919. The second-order valence-corrected chi connectivity index (χ2v) is 3.44. The number of nitrogens with two attached hydrogens (primary N) is 1. The summed E-state index contributed by atoms with van der Waals surface area (Å²) in [7, 11) is 0. The third-order valence-electron chi connectivity index (χ3n) is 2.38. The van der Waals surface area contributed by atoms with E-state index in [0.29, 0.717) is 5.69 Å². The minimum Gasteiger partial charge on any atom is -0.399 e. The Balaban J connectivity index is 2.53. The fourth-order valence-corrected chi connectivity index (χ4v) is 1.64. The highest BCUT2D eigenvalue weighted by Crippen LogP contribution is 2.25. The molecule has 0 radical (unpaired) electrons. The van der Waals surface area contributed by atoms with Crippen molar-refractivity contribution in [3.8, 4) is 11.1 Å². The highest BCUT2D eigenvalue weighted by Gasteiger charge is 2.03. The summed E-state index contributed by atoms with van der Waals surface area (Å²) in [6.45, 7) is 0.00919. The van der Waals surface area contributed by atoms with Gasteiger partial charge in [-0.15, -0.1) is 0 Å². The molecule has 0 saturated heterocycles. The molecule has 3 N–H and O–H groups in total. The standard InChI is InChI=1S/C13H13NO/c14-12-6-7-13(11(8-12)9-15)10-4-2-1-3-5-10/h1-8,15H,9,14H2. The summed E-state index contributed by atoms with van der Waals surface area (Å²) in [5, 5.41) is 9.25. The molecule has 76 valence electrons. The van der Waals surface area contributed by atoms with Gasteiger partial charge in [0.25, 0.3) is 0 Å². The fraction of sp³-hybridized carbons (Fsp3) is 0.0769. The van der Waals surface area contributed by atoms with Crippen LogP contribution in [0.3, 0.4) is 0 Å². The van der Waals surface area contributed by atoms with Crippen LogP contribution in [-0.2, 0) is 6.61 Å². The first-order valence-corrected chi connectivity index (χ1v) is 4.86. The van der Waals surface area contributed by atoms with E-state index in [9.17, 15) is 5.11 Å². The van der Waals surface area contributed by atoms with E-state index in [4.69, 9.17) is 5.73 Å². The van der Waals surface area contributed by atoms with Crippen LogP contribution in [-0.4, -0.2) is 5.11 Å². The lowest BCUT2D eigenvalue weighted by Gasteiger charge is -2.08. The SMILES string of the molecule is Nc1ccc(-c2ccccc2)c(CO)c1. The van der Waals surface area contributed by atoms with Crippen LogP contribution in [0.25, 0.3) is 11.1 Å². The molecule has 0 amide bonds. The molecule has 0 spiro atoms. The molecule has 2 heteroatoms. The molecule has 0 unspecified atom stereocenters. The number of aliphatic hydroxyl groups is 1. The Morgan fingerprint density at radius 2 is 1.73 bits per heavy atom. The van der Waals surface area contributed by atoms with Gasteiger partial charge in [0.05, 0.1) is 6.61 Å². The van der Waals surface area contributed by atoms with E-state index in [2.05, 4.69) is 0 Å². The van der Waals surface area contributed by atoms with Crippen molar-refractivity contribution in [3.05, 3.63) is 54.1 Å². The normalized spacial score (nSPS) is 10.2. The van der Waals surface area contributed by atoms with E-state index in [1.807, 2.05) is 48.5 Å². The van der Waals surface area contributed by atoms with Crippen molar-refractivity contribution in [2.45, 2.75) is 6.61 Å². The van der Waals surface area contributed by atoms with Gasteiger partial charge in [0.2, 0.25) is 0 Å². The van der Waals surface area contributed by atoms with Crippen LogP contribution in [0.5, 0.6) is 0 Å². The summed E-state index contributed by atoms with van der Waals surface area (Å²) in [6, 6.07) is 15.6. The summed E-state index contributed by atoms with van der Waals surface area (Å²) >= 11 is 0. The lowest BCUT2D eigenvalue weighted by molar-refractivity contribution is 0.282. The van der Waals surface area contributed by atoms with E-state index in [1.165, 1.54) is 0 Å². The Morgan fingerprint density at radius 1 is 1.00 bits per heavy atom. The van der Waals surface area contributed by atoms with Crippen LogP contribution in [0.4, 0.5) is 5.69 Å². The molecular weight excluding hydrogens is 186 g/mol. The average Bonchev–Trinajstić information content (AvgIpc) is 2.30.